The Bertz CT molecular complexity index is 481. The highest BCUT2D eigenvalue weighted by Gasteiger charge is 2.12. The Morgan fingerprint density at radius 1 is 1.44 bits per heavy atom. The zero-order valence-corrected chi connectivity index (χ0v) is 9.46. The predicted molar refractivity (Wildman–Crippen MR) is 60.5 cm³/mol. The van der Waals surface area contributed by atoms with Gasteiger partial charge in [0.15, 0.2) is 5.82 Å². The Hall–Kier alpha value is -1.69. The van der Waals surface area contributed by atoms with Gasteiger partial charge in [-0.2, -0.15) is 0 Å². The zero-order chi connectivity index (χ0) is 11.5. The van der Waals surface area contributed by atoms with E-state index in [2.05, 4.69) is 15.2 Å². The van der Waals surface area contributed by atoms with Gasteiger partial charge in [0.05, 0.1) is 6.61 Å². The number of rotatable bonds is 4. The highest BCUT2D eigenvalue weighted by Crippen LogP contribution is 2.16. The van der Waals surface area contributed by atoms with Crippen LogP contribution in [0.15, 0.2) is 12.4 Å². The van der Waals surface area contributed by atoms with Crippen molar-refractivity contribution in [2.75, 3.05) is 24.6 Å². The molecule has 2 heterocycles. The maximum absolute atomic E-state index is 8.99. The minimum Gasteiger partial charge on any atom is -0.395 e. The second-order valence-corrected chi connectivity index (χ2v) is 3.49. The third kappa shape index (κ3) is 1.71. The quantitative estimate of drug-likeness (QED) is 0.801. The lowest BCUT2D eigenvalue weighted by Gasteiger charge is -2.20. The lowest BCUT2D eigenvalue weighted by atomic mass is 10.4. The van der Waals surface area contributed by atoms with Gasteiger partial charge in [0.1, 0.15) is 5.82 Å². The van der Waals surface area contributed by atoms with Crippen LogP contribution in [0.2, 0.25) is 0 Å². The molecule has 2 rings (SSSR count). The molecular weight excluding hydrogens is 206 g/mol. The SMILES string of the molecule is CCN(CCO)c1nccn2c(C)nnc12. The second-order valence-electron chi connectivity index (χ2n) is 3.49. The highest BCUT2D eigenvalue weighted by atomic mass is 16.3. The molecule has 16 heavy (non-hydrogen) atoms. The number of anilines is 1. The first-order chi connectivity index (χ1) is 7.77. The van der Waals surface area contributed by atoms with Gasteiger partial charge in [-0.15, -0.1) is 10.2 Å². The number of aryl methyl sites for hydroxylation is 1. The van der Waals surface area contributed by atoms with Gasteiger partial charge in [-0.3, -0.25) is 4.40 Å². The van der Waals surface area contributed by atoms with E-state index in [1.807, 2.05) is 29.3 Å². The summed E-state index contributed by atoms with van der Waals surface area (Å²) in [6.45, 7) is 5.34. The van der Waals surface area contributed by atoms with Gasteiger partial charge in [-0.25, -0.2) is 4.98 Å². The Morgan fingerprint density at radius 2 is 2.25 bits per heavy atom. The molecule has 0 unspecified atom stereocenters. The van der Waals surface area contributed by atoms with Crippen molar-refractivity contribution < 1.29 is 5.11 Å². The molecule has 0 saturated carbocycles. The third-order valence-corrected chi connectivity index (χ3v) is 2.53. The molecule has 0 saturated heterocycles. The van der Waals surface area contributed by atoms with E-state index in [-0.39, 0.29) is 6.61 Å². The molecule has 0 aliphatic heterocycles. The maximum atomic E-state index is 8.99. The van der Waals surface area contributed by atoms with Crippen LogP contribution in [-0.4, -0.2) is 44.4 Å². The summed E-state index contributed by atoms with van der Waals surface area (Å²) < 4.78 is 1.89. The van der Waals surface area contributed by atoms with E-state index in [4.69, 9.17) is 5.11 Å². The van der Waals surface area contributed by atoms with E-state index in [9.17, 15) is 0 Å². The van der Waals surface area contributed by atoms with Crippen molar-refractivity contribution in [3.63, 3.8) is 0 Å². The summed E-state index contributed by atoms with van der Waals surface area (Å²) in [5.74, 6) is 1.60. The first-order valence-electron chi connectivity index (χ1n) is 5.30. The van der Waals surface area contributed by atoms with Crippen LogP contribution in [0.25, 0.3) is 5.65 Å². The van der Waals surface area contributed by atoms with Crippen LogP contribution < -0.4 is 4.90 Å². The number of aliphatic hydroxyl groups excluding tert-OH is 1. The summed E-state index contributed by atoms with van der Waals surface area (Å²) in [7, 11) is 0. The zero-order valence-electron chi connectivity index (χ0n) is 9.46. The fraction of sp³-hybridized carbons (Fsp3) is 0.500. The molecule has 86 valence electrons. The van der Waals surface area contributed by atoms with Crippen molar-refractivity contribution in [2.24, 2.45) is 0 Å². The topological polar surface area (TPSA) is 66.5 Å². The summed E-state index contributed by atoms with van der Waals surface area (Å²) in [6.07, 6.45) is 3.56. The van der Waals surface area contributed by atoms with E-state index in [1.165, 1.54) is 0 Å². The summed E-state index contributed by atoms with van der Waals surface area (Å²) >= 11 is 0. The number of fused-ring (bicyclic) bond motifs is 1. The first kappa shape index (κ1) is 10.8. The van der Waals surface area contributed by atoms with Gasteiger partial charge < -0.3 is 10.0 Å². The summed E-state index contributed by atoms with van der Waals surface area (Å²) in [6, 6.07) is 0. The van der Waals surface area contributed by atoms with Crippen molar-refractivity contribution in [1.29, 1.82) is 0 Å². The normalized spacial score (nSPS) is 10.9. The van der Waals surface area contributed by atoms with Crippen LogP contribution in [0, 0.1) is 6.92 Å². The molecule has 0 spiro atoms. The molecular formula is C10H15N5O. The summed E-state index contributed by atoms with van der Waals surface area (Å²) in [5, 5.41) is 17.1. The lowest BCUT2D eigenvalue weighted by molar-refractivity contribution is 0.302. The van der Waals surface area contributed by atoms with Crippen LogP contribution in [0.4, 0.5) is 5.82 Å². The number of nitrogens with zero attached hydrogens (tertiary/aromatic N) is 5. The minimum atomic E-state index is 0.101. The monoisotopic (exact) mass is 221 g/mol. The highest BCUT2D eigenvalue weighted by molar-refractivity contribution is 5.63. The van der Waals surface area contributed by atoms with Crippen molar-refractivity contribution in [1.82, 2.24) is 19.6 Å². The Morgan fingerprint density at radius 3 is 2.94 bits per heavy atom. The van der Waals surface area contributed by atoms with Gasteiger partial charge in [-0.05, 0) is 13.8 Å². The number of hydrogen-bond acceptors (Lipinski definition) is 5. The molecule has 0 bridgehead atoms. The number of likely N-dealkylation sites (N-methyl/N-ethyl adjacent to an activating group) is 1. The molecule has 0 amide bonds. The fourth-order valence-corrected chi connectivity index (χ4v) is 1.69. The predicted octanol–water partition coefficient (Wildman–Crippen LogP) is 0.251. The molecule has 2 aromatic rings. The number of hydrogen-bond donors (Lipinski definition) is 1. The van der Waals surface area contributed by atoms with Crippen LogP contribution in [0.3, 0.4) is 0 Å². The average Bonchev–Trinajstić information content (AvgIpc) is 2.68. The van der Waals surface area contributed by atoms with Crippen LogP contribution in [0.1, 0.15) is 12.7 Å². The van der Waals surface area contributed by atoms with Gasteiger partial charge in [0.2, 0.25) is 5.65 Å². The molecule has 6 nitrogen and oxygen atoms in total. The van der Waals surface area contributed by atoms with Gasteiger partial charge in [0.25, 0.3) is 0 Å². The van der Waals surface area contributed by atoms with E-state index < -0.39 is 0 Å². The molecule has 6 heteroatoms. The lowest BCUT2D eigenvalue weighted by Crippen LogP contribution is -2.27. The molecule has 0 radical (unpaired) electrons. The first-order valence-corrected chi connectivity index (χ1v) is 5.30. The molecule has 2 aromatic heterocycles. The van der Waals surface area contributed by atoms with E-state index in [0.717, 1.165) is 23.8 Å². The molecule has 0 aromatic carbocycles. The fourth-order valence-electron chi connectivity index (χ4n) is 1.69. The van der Waals surface area contributed by atoms with Gasteiger partial charge in [-0.1, -0.05) is 0 Å². The molecule has 0 aliphatic carbocycles. The van der Waals surface area contributed by atoms with Crippen molar-refractivity contribution in [2.45, 2.75) is 13.8 Å². The Kier molecular flexibility index (Phi) is 3.00. The van der Waals surface area contributed by atoms with Gasteiger partial charge >= 0.3 is 0 Å². The van der Waals surface area contributed by atoms with Gasteiger partial charge in [0, 0.05) is 25.5 Å². The molecule has 1 N–H and O–H groups in total. The molecule has 0 aliphatic rings. The Labute approximate surface area is 93.6 Å². The van der Waals surface area contributed by atoms with E-state index >= 15 is 0 Å². The van der Waals surface area contributed by atoms with Crippen LogP contribution in [0.5, 0.6) is 0 Å². The summed E-state index contributed by atoms with van der Waals surface area (Å²) in [5.41, 5.74) is 0.732. The maximum Gasteiger partial charge on any atom is 0.203 e. The van der Waals surface area contributed by atoms with Crippen molar-refractivity contribution in [3.8, 4) is 0 Å². The average molecular weight is 221 g/mol. The van der Waals surface area contributed by atoms with Crippen molar-refractivity contribution in [3.05, 3.63) is 18.2 Å². The standard InChI is InChI=1S/C10H15N5O/c1-3-14(6-7-16)9-10-13-12-8(2)15(10)5-4-11-9/h4-5,16H,3,6-7H2,1-2H3. The van der Waals surface area contributed by atoms with Crippen LogP contribution in [-0.2, 0) is 0 Å². The van der Waals surface area contributed by atoms with Crippen LogP contribution >= 0.6 is 0 Å². The smallest absolute Gasteiger partial charge is 0.203 e. The van der Waals surface area contributed by atoms with E-state index in [0.29, 0.717) is 6.54 Å². The van der Waals surface area contributed by atoms with Crippen molar-refractivity contribution >= 4 is 11.5 Å². The third-order valence-electron chi connectivity index (χ3n) is 2.53. The molecule has 0 fully saturated rings. The number of aliphatic hydroxyl groups is 1. The minimum absolute atomic E-state index is 0.101. The van der Waals surface area contributed by atoms with E-state index in [1.54, 1.807) is 6.20 Å². The largest absolute Gasteiger partial charge is 0.395 e. The Balaban J connectivity index is 2.50. The second kappa shape index (κ2) is 4.44. The number of aromatic nitrogens is 4. The summed E-state index contributed by atoms with van der Waals surface area (Å²) in [4.78, 5) is 6.28. The molecule has 0 atom stereocenters.